The van der Waals surface area contributed by atoms with Gasteiger partial charge in [-0.3, -0.25) is 0 Å². The average molecular weight is 742 g/mol. The molecule has 3 heterocycles. The average Bonchev–Trinajstić information content (AvgIpc) is 3.94. The Morgan fingerprint density at radius 2 is 0.793 bits per heavy atom. The molecule has 0 saturated carbocycles. The minimum Gasteiger partial charge on any atom is -0.456 e. The van der Waals surface area contributed by atoms with Crippen molar-refractivity contribution in [3.05, 3.63) is 212 Å². The lowest BCUT2D eigenvalue weighted by Crippen LogP contribution is -2.10. The van der Waals surface area contributed by atoms with Gasteiger partial charge in [-0.2, -0.15) is 0 Å². The van der Waals surface area contributed by atoms with Gasteiger partial charge in [-0.15, -0.1) is 0 Å². The van der Waals surface area contributed by atoms with Crippen molar-refractivity contribution in [1.82, 2.24) is 9.13 Å². The minimum atomic E-state index is 0.903. The van der Waals surface area contributed by atoms with E-state index in [2.05, 4.69) is 214 Å². The second kappa shape index (κ2) is 12.9. The minimum absolute atomic E-state index is 0.903. The van der Waals surface area contributed by atoms with Gasteiger partial charge in [0.25, 0.3) is 0 Å². The molecule has 0 atom stereocenters. The van der Waals surface area contributed by atoms with Crippen LogP contribution in [0, 0.1) is 0 Å². The molecule has 4 nitrogen and oxygen atoms in total. The van der Waals surface area contributed by atoms with E-state index in [0.29, 0.717) is 0 Å². The van der Waals surface area contributed by atoms with Gasteiger partial charge in [0, 0.05) is 60.8 Å². The zero-order valence-corrected chi connectivity index (χ0v) is 31.5. The molecule has 0 N–H and O–H groups in total. The van der Waals surface area contributed by atoms with Gasteiger partial charge in [0.05, 0.1) is 22.1 Å². The fraction of sp³-hybridized carbons (Fsp3) is 0. The van der Waals surface area contributed by atoms with Gasteiger partial charge in [-0.05, 0) is 108 Å². The van der Waals surface area contributed by atoms with Crippen molar-refractivity contribution in [2.75, 3.05) is 4.90 Å². The monoisotopic (exact) mass is 741 g/mol. The number of para-hydroxylation sites is 5. The Labute approximate surface area is 334 Å². The Bertz CT molecular complexity index is 3500. The Kier molecular flexibility index (Phi) is 7.20. The highest BCUT2D eigenvalue weighted by molar-refractivity contribution is 6.12. The molecule has 0 spiro atoms. The second-order valence-electron chi connectivity index (χ2n) is 15.0. The molecule has 0 saturated heterocycles. The summed E-state index contributed by atoms with van der Waals surface area (Å²) >= 11 is 0. The third kappa shape index (κ3) is 5.02. The van der Waals surface area contributed by atoms with E-state index >= 15 is 0 Å². The number of fused-ring (bicyclic) bond motifs is 9. The molecule has 12 rings (SSSR count). The Morgan fingerprint density at radius 3 is 1.52 bits per heavy atom. The van der Waals surface area contributed by atoms with E-state index in [0.717, 1.165) is 67.0 Å². The van der Waals surface area contributed by atoms with Crippen molar-refractivity contribution in [1.29, 1.82) is 0 Å². The lowest BCUT2D eigenvalue weighted by molar-refractivity contribution is 0.669. The Balaban J connectivity index is 1.06. The van der Waals surface area contributed by atoms with Crippen molar-refractivity contribution in [2.24, 2.45) is 0 Å². The molecule has 0 unspecified atom stereocenters. The standard InChI is InChI=1S/C54H35N3O/c1-3-13-38(14-4-1)56-50-21-11-8-18-44(50)47-34-41(29-31-51(47)56)55(40-26-23-36(24-27-40)37-25-32-54-48(33-37)46-19-9-12-22-53(46)58-54)42-28-30-45-43-17-7-10-20-49(43)57(52(45)35-42)39-15-5-2-6-16-39/h1-35H. The van der Waals surface area contributed by atoms with E-state index in [-0.39, 0.29) is 0 Å². The predicted octanol–water partition coefficient (Wildman–Crippen LogP) is 14.9. The van der Waals surface area contributed by atoms with Crippen LogP contribution >= 0.6 is 0 Å². The number of nitrogens with zero attached hydrogens (tertiary/aromatic N) is 3. The molecule has 0 aliphatic rings. The summed E-state index contributed by atoms with van der Waals surface area (Å²) in [6.45, 7) is 0. The normalized spacial score (nSPS) is 11.8. The van der Waals surface area contributed by atoms with E-state index in [1.165, 1.54) is 38.1 Å². The van der Waals surface area contributed by atoms with E-state index in [1.807, 2.05) is 12.1 Å². The number of hydrogen-bond donors (Lipinski definition) is 0. The fourth-order valence-electron chi connectivity index (χ4n) is 9.06. The summed E-state index contributed by atoms with van der Waals surface area (Å²) in [5, 5.41) is 7.15. The van der Waals surface area contributed by atoms with Crippen LogP contribution < -0.4 is 4.90 Å². The summed E-state index contributed by atoms with van der Waals surface area (Å²) in [4.78, 5) is 2.40. The first-order chi connectivity index (χ1) is 28.8. The molecule has 4 heteroatoms. The molecule has 0 bridgehead atoms. The van der Waals surface area contributed by atoms with Crippen LogP contribution in [0.15, 0.2) is 217 Å². The van der Waals surface area contributed by atoms with Crippen LogP contribution in [-0.4, -0.2) is 9.13 Å². The lowest BCUT2D eigenvalue weighted by Gasteiger charge is -2.26. The van der Waals surface area contributed by atoms with Crippen molar-refractivity contribution >= 4 is 82.6 Å². The van der Waals surface area contributed by atoms with E-state index in [4.69, 9.17) is 4.42 Å². The quantitative estimate of drug-likeness (QED) is 0.170. The third-order valence-electron chi connectivity index (χ3n) is 11.7. The molecule has 0 radical (unpaired) electrons. The van der Waals surface area contributed by atoms with Crippen LogP contribution in [0.2, 0.25) is 0 Å². The number of furan rings is 1. The van der Waals surface area contributed by atoms with Crippen LogP contribution in [0.25, 0.3) is 88.1 Å². The van der Waals surface area contributed by atoms with Gasteiger partial charge in [0.1, 0.15) is 11.2 Å². The maximum atomic E-state index is 6.15. The molecule has 0 fully saturated rings. The first-order valence-corrected chi connectivity index (χ1v) is 19.8. The van der Waals surface area contributed by atoms with Crippen LogP contribution in [0.4, 0.5) is 17.1 Å². The zero-order valence-electron chi connectivity index (χ0n) is 31.5. The summed E-state index contributed by atoms with van der Waals surface area (Å²) in [5.74, 6) is 0. The smallest absolute Gasteiger partial charge is 0.135 e. The molecule has 9 aromatic carbocycles. The van der Waals surface area contributed by atoms with Crippen molar-refractivity contribution in [3.63, 3.8) is 0 Å². The van der Waals surface area contributed by atoms with Crippen LogP contribution in [-0.2, 0) is 0 Å². The third-order valence-corrected chi connectivity index (χ3v) is 11.7. The first-order valence-electron chi connectivity index (χ1n) is 19.8. The summed E-state index contributed by atoms with van der Waals surface area (Å²) in [5.41, 5.74) is 14.4. The highest BCUT2D eigenvalue weighted by Crippen LogP contribution is 2.43. The number of anilines is 3. The molecule has 0 amide bonds. The fourth-order valence-corrected chi connectivity index (χ4v) is 9.06. The van der Waals surface area contributed by atoms with Crippen molar-refractivity contribution in [3.8, 4) is 22.5 Å². The molecule has 3 aromatic heterocycles. The van der Waals surface area contributed by atoms with E-state index < -0.39 is 0 Å². The van der Waals surface area contributed by atoms with Crippen LogP contribution in [0.5, 0.6) is 0 Å². The summed E-state index contributed by atoms with van der Waals surface area (Å²) in [6.07, 6.45) is 0. The SMILES string of the molecule is c1ccc(-n2c3ccccc3c3cc(N(c4ccc(-c5ccc6oc7ccccc7c6c5)cc4)c4ccc5c6ccccc6n(-c6ccccc6)c5c4)ccc32)cc1. The molecule has 0 aliphatic heterocycles. The molecular weight excluding hydrogens is 707 g/mol. The largest absolute Gasteiger partial charge is 0.456 e. The van der Waals surface area contributed by atoms with Gasteiger partial charge in [-0.1, -0.05) is 115 Å². The highest BCUT2D eigenvalue weighted by Gasteiger charge is 2.20. The Hall–Kier alpha value is -7.82. The number of aromatic nitrogens is 2. The van der Waals surface area contributed by atoms with Gasteiger partial charge >= 0.3 is 0 Å². The number of benzene rings is 9. The summed E-state index contributed by atoms with van der Waals surface area (Å²) in [6, 6.07) is 76.3. The molecular formula is C54H35N3O. The molecule has 58 heavy (non-hydrogen) atoms. The number of hydrogen-bond acceptors (Lipinski definition) is 2. The Morgan fingerprint density at radius 1 is 0.293 bits per heavy atom. The van der Waals surface area contributed by atoms with E-state index in [9.17, 15) is 0 Å². The lowest BCUT2D eigenvalue weighted by atomic mass is 10.0. The van der Waals surface area contributed by atoms with Gasteiger partial charge in [-0.25, -0.2) is 0 Å². The van der Waals surface area contributed by atoms with Crippen molar-refractivity contribution < 1.29 is 4.42 Å². The summed E-state index contributed by atoms with van der Waals surface area (Å²) < 4.78 is 10.9. The van der Waals surface area contributed by atoms with Crippen LogP contribution in [0.1, 0.15) is 0 Å². The maximum Gasteiger partial charge on any atom is 0.135 e. The van der Waals surface area contributed by atoms with Crippen LogP contribution in [0.3, 0.4) is 0 Å². The van der Waals surface area contributed by atoms with Gasteiger partial charge < -0.3 is 18.5 Å². The molecule has 272 valence electrons. The maximum absolute atomic E-state index is 6.15. The highest BCUT2D eigenvalue weighted by atomic mass is 16.3. The van der Waals surface area contributed by atoms with Gasteiger partial charge in [0.2, 0.25) is 0 Å². The molecule has 0 aliphatic carbocycles. The van der Waals surface area contributed by atoms with Gasteiger partial charge in [0.15, 0.2) is 0 Å². The van der Waals surface area contributed by atoms with E-state index in [1.54, 1.807) is 0 Å². The topological polar surface area (TPSA) is 26.2 Å². The first kappa shape index (κ1) is 32.4. The second-order valence-corrected chi connectivity index (χ2v) is 15.0. The number of rotatable bonds is 6. The summed E-state index contributed by atoms with van der Waals surface area (Å²) in [7, 11) is 0. The van der Waals surface area contributed by atoms with Crippen molar-refractivity contribution in [2.45, 2.75) is 0 Å². The molecule has 12 aromatic rings. The zero-order chi connectivity index (χ0) is 38.2. The predicted molar refractivity (Wildman–Crippen MR) is 243 cm³/mol.